The first-order valence-corrected chi connectivity index (χ1v) is 10.3. The third-order valence-electron chi connectivity index (χ3n) is 4.55. The van der Waals surface area contributed by atoms with Crippen LogP contribution in [0.4, 0.5) is 0 Å². The van der Waals surface area contributed by atoms with Gasteiger partial charge in [-0.3, -0.25) is 14.2 Å². The molecule has 1 aliphatic carbocycles. The fourth-order valence-corrected chi connectivity index (χ4v) is 5.42. The van der Waals surface area contributed by atoms with Gasteiger partial charge >= 0.3 is 0 Å². The number of carbonyl (C=O) groups is 1. The van der Waals surface area contributed by atoms with Crippen LogP contribution in [0.25, 0.3) is 10.2 Å². The van der Waals surface area contributed by atoms with Crippen LogP contribution in [0.5, 0.6) is 0 Å². The summed E-state index contributed by atoms with van der Waals surface area (Å²) in [6.45, 7) is 8.87. The molecule has 0 saturated heterocycles. The van der Waals surface area contributed by atoms with E-state index in [1.807, 2.05) is 13.8 Å². The minimum Gasteiger partial charge on any atom is -0.298 e. The van der Waals surface area contributed by atoms with Gasteiger partial charge in [0, 0.05) is 17.8 Å². The number of ketones is 1. The topological polar surface area (TPSA) is 52.0 Å². The number of thioether (sulfide) groups is 1. The van der Waals surface area contributed by atoms with Crippen molar-refractivity contribution < 1.29 is 4.79 Å². The van der Waals surface area contributed by atoms with Gasteiger partial charge in [0.1, 0.15) is 10.6 Å². The molecule has 1 atom stereocenters. The highest BCUT2D eigenvalue weighted by Crippen LogP contribution is 2.33. The fourth-order valence-electron chi connectivity index (χ4n) is 3.13. The van der Waals surface area contributed by atoms with Crippen molar-refractivity contribution in [1.82, 2.24) is 9.55 Å². The maximum atomic E-state index is 13.1. The summed E-state index contributed by atoms with van der Waals surface area (Å²) >= 11 is 3.07. The molecule has 0 spiro atoms. The van der Waals surface area contributed by atoms with Crippen LogP contribution >= 0.6 is 23.1 Å². The molecule has 0 aromatic carbocycles. The molecular weight excluding hydrogens is 340 g/mol. The van der Waals surface area contributed by atoms with Crippen molar-refractivity contribution in [2.75, 3.05) is 0 Å². The first kappa shape index (κ1) is 17.7. The van der Waals surface area contributed by atoms with E-state index in [4.69, 9.17) is 4.98 Å². The van der Waals surface area contributed by atoms with Crippen LogP contribution < -0.4 is 5.56 Å². The molecule has 2 aromatic heterocycles. The summed E-state index contributed by atoms with van der Waals surface area (Å²) in [4.78, 5) is 32.0. The average Bonchev–Trinajstić information content (AvgIpc) is 2.80. The summed E-state index contributed by atoms with van der Waals surface area (Å²) in [7, 11) is 0. The summed E-state index contributed by atoms with van der Waals surface area (Å²) in [6, 6.07) is 0. The molecule has 2 heterocycles. The number of hydrogen-bond acceptors (Lipinski definition) is 5. The SMILES string of the molecule is Cc1sc2nc(S[C@@H]3CCCCC3=O)n(CC(C)C)c(=O)c2c1C. The number of thiophene rings is 1. The Morgan fingerprint density at radius 3 is 2.71 bits per heavy atom. The number of hydrogen-bond donors (Lipinski definition) is 0. The molecule has 3 rings (SSSR count). The Balaban J connectivity index is 2.10. The van der Waals surface area contributed by atoms with Crippen molar-refractivity contribution in [2.24, 2.45) is 5.92 Å². The molecule has 0 N–H and O–H groups in total. The zero-order chi connectivity index (χ0) is 17.4. The molecule has 1 fully saturated rings. The van der Waals surface area contributed by atoms with Gasteiger partial charge in [0.25, 0.3) is 5.56 Å². The van der Waals surface area contributed by atoms with Gasteiger partial charge in [-0.1, -0.05) is 32.0 Å². The van der Waals surface area contributed by atoms with Crippen LogP contribution in [0.1, 0.15) is 50.0 Å². The maximum absolute atomic E-state index is 13.1. The summed E-state index contributed by atoms with van der Waals surface area (Å²) in [5.74, 6) is 0.652. The Kier molecular flexibility index (Phi) is 5.16. The van der Waals surface area contributed by atoms with Crippen LogP contribution in [0, 0.1) is 19.8 Å². The van der Waals surface area contributed by atoms with Crippen molar-refractivity contribution in [2.45, 2.75) is 70.3 Å². The van der Waals surface area contributed by atoms with Crippen LogP contribution in [-0.4, -0.2) is 20.6 Å². The highest BCUT2D eigenvalue weighted by Gasteiger charge is 2.26. The van der Waals surface area contributed by atoms with Crippen LogP contribution in [0.3, 0.4) is 0 Å². The van der Waals surface area contributed by atoms with E-state index >= 15 is 0 Å². The number of nitrogens with zero attached hydrogens (tertiary/aromatic N) is 2. The molecular formula is C18H24N2O2S2. The molecule has 0 radical (unpaired) electrons. The van der Waals surface area contributed by atoms with E-state index in [-0.39, 0.29) is 10.8 Å². The minimum absolute atomic E-state index is 0.0429. The molecule has 0 amide bonds. The lowest BCUT2D eigenvalue weighted by Crippen LogP contribution is -2.28. The van der Waals surface area contributed by atoms with Gasteiger partial charge < -0.3 is 0 Å². The zero-order valence-electron chi connectivity index (χ0n) is 14.7. The fraction of sp³-hybridized carbons (Fsp3) is 0.611. The quantitative estimate of drug-likeness (QED) is 0.758. The van der Waals surface area contributed by atoms with Gasteiger partial charge in [-0.05, 0) is 38.2 Å². The minimum atomic E-state index is -0.0522. The van der Waals surface area contributed by atoms with Crippen molar-refractivity contribution in [3.8, 4) is 0 Å². The number of aromatic nitrogens is 2. The van der Waals surface area contributed by atoms with Crippen molar-refractivity contribution in [1.29, 1.82) is 0 Å². The van der Waals surface area contributed by atoms with Gasteiger partial charge in [-0.25, -0.2) is 4.98 Å². The predicted molar refractivity (Wildman–Crippen MR) is 101 cm³/mol. The molecule has 24 heavy (non-hydrogen) atoms. The number of carbonyl (C=O) groups excluding carboxylic acids is 1. The Morgan fingerprint density at radius 2 is 2.04 bits per heavy atom. The molecule has 130 valence electrons. The van der Waals surface area contributed by atoms with Crippen LogP contribution in [0.2, 0.25) is 0 Å². The molecule has 2 aromatic rings. The standard InChI is InChI=1S/C18H24N2O2S2/c1-10(2)9-20-17(22)15-11(3)12(4)23-16(15)19-18(20)24-14-8-6-5-7-13(14)21/h10,14H,5-9H2,1-4H3/t14-/m1/s1. The van der Waals surface area contributed by atoms with E-state index in [2.05, 4.69) is 13.8 Å². The van der Waals surface area contributed by atoms with E-state index in [9.17, 15) is 9.59 Å². The molecule has 0 aliphatic heterocycles. The van der Waals surface area contributed by atoms with Crippen molar-refractivity contribution >= 4 is 39.1 Å². The lowest BCUT2D eigenvalue weighted by atomic mass is 9.99. The highest BCUT2D eigenvalue weighted by molar-refractivity contribution is 8.00. The van der Waals surface area contributed by atoms with Crippen molar-refractivity contribution in [3.63, 3.8) is 0 Å². The lowest BCUT2D eigenvalue weighted by Gasteiger charge is -2.21. The predicted octanol–water partition coefficient (Wildman–Crippen LogP) is 4.33. The Hall–Kier alpha value is -1.14. The third-order valence-corrected chi connectivity index (χ3v) is 6.95. The van der Waals surface area contributed by atoms with Crippen LogP contribution in [-0.2, 0) is 11.3 Å². The second kappa shape index (κ2) is 7.00. The highest BCUT2D eigenvalue weighted by atomic mass is 32.2. The largest absolute Gasteiger partial charge is 0.298 e. The third kappa shape index (κ3) is 3.31. The number of aryl methyl sites for hydroxylation is 2. The molecule has 1 saturated carbocycles. The summed E-state index contributed by atoms with van der Waals surface area (Å²) < 4.78 is 1.79. The van der Waals surface area contributed by atoms with Crippen molar-refractivity contribution in [3.05, 3.63) is 20.8 Å². The van der Waals surface area contributed by atoms with Gasteiger partial charge in [0.15, 0.2) is 5.16 Å². The van der Waals surface area contributed by atoms with Gasteiger partial charge in [0.05, 0.1) is 10.6 Å². The Morgan fingerprint density at radius 1 is 1.29 bits per heavy atom. The van der Waals surface area contributed by atoms with E-state index < -0.39 is 0 Å². The number of fused-ring (bicyclic) bond motifs is 1. The van der Waals surface area contributed by atoms with Gasteiger partial charge in [-0.15, -0.1) is 11.3 Å². The van der Waals surface area contributed by atoms with E-state index in [0.717, 1.165) is 39.9 Å². The second-order valence-electron chi connectivity index (χ2n) is 6.99. The molecule has 4 nitrogen and oxygen atoms in total. The first-order valence-electron chi connectivity index (χ1n) is 8.58. The number of Topliss-reactive ketones (excluding diaryl/α,β-unsaturated/α-hetero) is 1. The Bertz CT molecular complexity index is 836. The molecule has 0 unspecified atom stereocenters. The molecule has 1 aliphatic rings. The number of rotatable bonds is 4. The smallest absolute Gasteiger partial charge is 0.263 e. The normalized spacial score (nSPS) is 18.7. The zero-order valence-corrected chi connectivity index (χ0v) is 16.4. The first-order chi connectivity index (χ1) is 11.4. The van der Waals surface area contributed by atoms with Gasteiger partial charge in [-0.2, -0.15) is 0 Å². The van der Waals surface area contributed by atoms with E-state index in [1.165, 1.54) is 11.8 Å². The summed E-state index contributed by atoms with van der Waals surface area (Å²) in [5.41, 5.74) is 1.08. The van der Waals surface area contributed by atoms with Crippen LogP contribution in [0.15, 0.2) is 9.95 Å². The monoisotopic (exact) mass is 364 g/mol. The van der Waals surface area contributed by atoms with E-state index in [1.54, 1.807) is 15.9 Å². The Labute approximate surface area is 150 Å². The van der Waals surface area contributed by atoms with Gasteiger partial charge in [0.2, 0.25) is 0 Å². The average molecular weight is 365 g/mol. The maximum Gasteiger partial charge on any atom is 0.263 e. The molecule has 0 bridgehead atoms. The second-order valence-corrected chi connectivity index (χ2v) is 9.36. The summed E-state index contributed by atoms with van der Waals surface area (Å²) in [5, 5.41) is 1.41. The lowest BCUT2D eigenvalue weighted by molar-refractivity contribution is -0.119. The van der Waals surface area contributed by atoms with E-state index in [0.29, 0.717) is 29.8 Å². The molecule has 6 heteroatoms. The summed E-state index contributed by atoms with van der Waals surface area (Å²) in [6.07, 6.45) is 3.62.